The SMILES string of the molecule is Cc1cc(C)cc(OCC(=O)N/N=C\c2cccc(OC(=O)c3cccs3)c2)c1. The van der Waals surface area contributed by atoms with Crippen molar-refractivity contribution < 1.29 is 19.1 Å². The first-order chi connectivity index (χ1) is 14.0. The van der Waals surface area contributed by atoms with E-state index in [4.69, 9.17) is 9.47 Å². The zero-order valence-corrected chi connectivity index (χ0v) is 16.9. The summed E-state index contributed by atoms with van der Waals surface area (Å²) in [7, 11) is 0. The lowest BCUT2D eigenvalue weighted by Gasteiger charge is -2.07. The van der Waals surface area contributed by atoms with Crippen LogP contribution in [0.25, 0.3) is 0 Å². The Morgan fingerprint density at radius 1 is 1.03 bits per heavy atom. The van der Waals surface area contributed by atoms with Gasteiger partial charge >= 0.3 is 5.97 Å². The van der Waals surface area contributed by atoms with Crippen LogP contribution in [0, 0.1) is 13.8 Å². The van der Waals surface area contributed by atoms with Crippen molar-refractivity contribution >= 4 is 29.4 Å². The van der Waals surface area contributed by atoms with Gasteiger partial charge in [0.25, 0.3) is 5.91 Å². The topological polar surface area (TPSA) is 77.0 Å². The highest BCUT2D eigenvalue weighted by atomic mass is 32.1. The number of esters is 1. The van der Waals surface area contributed by atoms with Crippen LogP contribution in [0.1, 0.15) is 26.4 Å². The summed E-state index contributed by atoms with van der Waals surface area (Å²) in [6.07, 6.45) is 1.47. The molecule has 0 fully saturated rings. The lowest BCUT2D eigenvalue weighted by atomic mass is 10.1. The highest BCUT2D eigenvalue weighted by Gasteiger charge is 2.09. The molecule has 6 nitrogen and oxygen atoms in total. The number of thiophene rings is 1. The monoisotopic (exact) mass is 408 g/mol. The predicted molar refractivity (Wildman–Crippen MR) is 113 cm³/mol. The minimum Gasteiger partial charge on any atom is -0.484 e. The van der Waals surface area contributed by atoms with Crippen LogP contribution in [0.15, 0.2) is 65.1 Å². The van der Waals surface area contributed by atoms with Crippen molar-refractivity contribution in [2.24, 2.45) is 5.10 Å². The number of carbonyl (C=O) groups excluding carboxylic acids is 2. The molecule has 1 heterocycles. The Bertz CT molecular complexity index is 1010. The van der Waals surface area contributed by atoms with Gasteiger partial charge in [0.1, 0.15) is 16.4 Å². The van der Waals surface area contributed by atoms with Crippen molar-refractivity contribution in [2.75, 3.05) is 6.61 Å². The van der Waals surface area contributed by atoms with E-state index in [2.05, 4.69) is 10.5 Å². The van der Waals surface area contributed by atoms with Crippen molar-refractivity contribution in [3.8, 4) is 11.5 Å². The quantitative estimate of drug-likeness (QED) is 0.276. The maximum atomic E-state index is 12.0. The van der Waals surface area contributed by atoms with E-state index in [1.54, 1.807) is 36.4 Å². The minimum absolute atomic E-state index is 0.140. The van der Waals surface area contributed by atoms with E-state index < -0.39 is 5.97 Å². The minimum atomic E-state index is -0.411. The van der Waals surface area contributed by atoms with E-state index in [1.807, 2.05) is 37.4 Å². The van der Waals surface area contributed by atoms with Gasteiger partial charge in [0.05, 0.1) is 6.21 Å². The Labute approximate surface area is 172 Å². The number of hydrazone groups is 1. The highest BCUT2D eigenvalue weighted by molar-refractivity contribution is 7.12. The van der Waals surface area contributed by atoms with Gasteiger partial charge in [-0.2, -0.15) is 5.10 Å². The number of rotatable bonds is 7. The summed E-state index contributed by atoms with van der Waals surface area (Å²) >= 11 is 1.32. The maximum Gasteiger partial charge on any atom is 0.353 e. The molecule has 148 valence electrons. The number of hydrogen-bond donors (Lipinski definition) is 1. The third-order valence-corrected chi connectivity index (χ3v) is 4.61. The number of hydrogen-bond acceptors (Lipinski definition) is 6. The first-order valence-electron chi connectivity index (χ1n) is 8.88. The first kappa shape index (κ1) is 20.3. The summed E-state index contributed by atoms with van der Waals surface area (Å²) in [5.74, 6) is 0.255. The molecule has 0 saturated carbocycles. The average molecular weight is 408 g/mol. The standard InChI is InChI=1S/C22H20N2O4S/c1-15-9-16(2)11-19(10-15)27-14-21(25)24-23-13-17-5-3-6-18(12-17)28-22(26)20-7-4-8-29-20/h3-13H,14H2,1-2H3,(H,24,25)/b23-13-. The van der Waals surface area contributed by atoms with E-state index in [0.29, 0.717) is 21.9 Å². The molecule has 1 N–H and O–H groups in total. The lowest BCUT2D eigenvalue weighted by molar-refractivity contribution is -0.123. The molecule has 3 rings (SSSR count). The Morgan fingerprint density at radius 3 is 2.55 bits per heavy atom. The van der Waals surface area contributed by atoms with Crippen molar-refractivity contribution in [1.82, 2.24) is 5.43 Å². The Balaban J connectivity index is 1.50. The Hall–Kier alpha value is -3.45. The zero-order valence-electron chi connectivity index (χ0n) is 16.0. The molecule has 0 atom stereocenters. The van der Waals surface area contributed by atoms with E-state index in [-0.39, 0.29) is 12.5 Å². The molecule has 2 aromatic carbocycles. The molecule has 1 aromatic heterocycles. The second kappa shape index (κ2) is 9.66. The molecule has 1 amide bonds. The lowest BCUT2D eigenvalue weighted by Crippen LogP contribution is -2.24. The second-order valence-corrected chi connectivity index (χ2v) is 7.29. The van der Waals surface area contributed by atoms with Gasteiger partial charge in [-0.3, -0.25) is 4.79 Å². The molecule has 7 heteroatoms. The molecular formula is C22H20N2O4S. The molecule has 0 aliphatic heterocycles. The smallest absolute Gasteiger partial charge is 0.353 e. The Kier molecular flexibility index (Phi) is 6.76. The number of amides is 1. The maximum absolute atomic E-state index is 12.0. The van der Waals surface area contributed by atoms with Crippen LogP contribution < -0.4 is 14.9 Å². The largest absolute Gasteiger partial charge is 0.484 e. The molecule has 0 spiro atoms. The molecule has 0 saturated heterocycles. The van der Waals surface area contributed by atoms with Crippen LogP contribution in [0.5, 0.6) is 11.5 Å². The van der Waals surface area contributed by atoms with E-state index >= 15 is 0 Å². The highest BCUT2D eigenvalue weighted by Crippen LogP contribution is 2.17. The fraction of sp³-hybridized carbons (Fsp3) is 0.136. The van der Waals surface area contributed by atoms with E-state index in [9.17, 15) is 9.59 Å². The predicted octanol–water partition coefficient (Wildman–Crippen LogP) is 4.11. The summed E-state index contributed by atoms with van der Waals surface area (Å²) in [5.41, 5.74) is 5.23. The number of nitrogens with one attached hydrogen (secondary N) is 1. The van der Waals surface area contributed by atoms with Gasteiger partial charge in [-0.05, 0) is 66.2 Å². The van der Waals surface area contributed by atoms with Crippen molar-refractivity contribution in [1.29, 1.82) is 0 Å². The Morgan fingerprint density at radius 2 is 1.83 bits per heavy atom. The van der Waals surface area contributed by atoms with Crippen LogP contribution >= 0.6 is 11.3 Å². The molecule has 0 radical (unpaired) electrons. The van der Waals surface area contributed by atoms with Crippen LogP contribution in [0.4, 0.5) is 0 Å². The van der Waals surface area contributed by atoms with Crippen molar-refractivity contribution in [3.05, 3.63) is 81.5 Å². The van der Waals surface area contributed by atoms with Gasteiger partial charge in [0, 0.05) is 0 Å². The average Bonchev–Trinajstić information content (AvgIpc) is 3.21. The third kappa shape index (κ3) is 6.29. The number of nitrogens with zero attached hydrogens (tertiary/aromatic N) is 1. The summed E-state index contributed by atoms with van der Waals surface area (Å²) in [6.45, 7) is 3.80. The summed E-state index contributed by atoms with van der Waals surface area (Å²) < 4.78 is 10.8. The van der Waals surface area contributed by atoms with Crippen LogP contribution in [-0.2, 0) is 4.79 Å². The number of benzene rings is 2. The van der Waals surface area contributed by atoms with Gasteiger partial charge in [0.2, 0.25) is 0 Å². The van der Waals surface area contributed by atoms with Gasteiger partial charge in [-0.1, -0.05) is 24.3 Å². The van der Waals surface area contributed by atoms with Gasteiger partial charge in [-0.25, -0.2) is 10.2 Å². The summed E-state index contributed by atoms with van der Waals surface area (Å²) in [4.78, 5) is 24.4. The fourth-order valence-corrected chi connectivity index (χ4v) is 3.19. The molecule has 0 unspecified atom stereocenters. The molecule has 29 heavy (non-hydrogen) atoms. The van der Waals surface area contributed by atoms with Crippen molar-refractivity contribution in [2.45, 2.75) is 13.8 Å². The molecule has 3 aromatic rings. The molecular weight excluding hydrogens is 388 g/mol. The number of ether oxygens (including phenoxy) is 2. The van der Waals surface area contributed by atoms with Gasteiger partial charge < -0.3 is 9.47 Å². The van der Waals surface area contributed by atoms with Gasteiger partial charge in [0.15, 0.2) is 6.61 Å². The number of aryl methyl sites for hydroxylation is 2. The second-order valence-electron chi connectivity index (χ2n) is 6.34. The zero-order chi connectivity index (χ0) is 20.6. The van der Waals surface area contributed by atoms with Gasteiger partial charge in [-0.15, -0.1) is 11.3 Å². The van der Waals surface area contributed by atoms with E-state index in [0.717, 1.165) is 11.1 Å². The fourth-order valence-electron chi connectivity index (χ4n) is 2.59. The summed E-state index contributed by atoms with van der Waals surface area (Å²) in [5, 5.41) is 5.73. The van der Waals surface area contributed by atoms with Crippen LogP contribution in [0.2, 0.25) is 0 Å². The first-order valence-corrected chi connectivity index (χ1v) is 9.76. The third-order valence-electron chi connectivity index (χ3n) is 3.76. The summed E-state index contributed by atoms with van der Waals surface area (Å²) in [6, 6.07) is 16.1. The van der Waals surface area contributed by atoms with E-state index in [1.165, 1.54) is 17.6 Å². The number of carbonyl (C=O) groups is 2. The molecule has 0 aliphatic rings. The van der Waals surface area contributed by atoms with Crippen LogP contribution in [0.3, 0.4) is 0 Å². The van der Waals surface area contributed by atoms with Crippen molar-refractivity contribution in [3.63, 3.8) is 0 Å². The van der Waals surface area contributed by atoms with Crippen LogP contribution in [-0.4, -0.2) is 24.7 Å². The molecule has 0 bridgehead atoms. The normalized spacial score (nSPS) is 10.7. The molecule has 0 aliphatic carbocycles.